The Labute approximate surface area is 126 Å². The summed E-state index contributed by atoms with van der Waals surface area (Å²) in [5.74, 6) is -0.474. The van der Waals surface area contributed by atoms with Gasteiger partial charge in [0.25, 0.3) is 0 Å². The highest BCUT2D eigenvalue weighted by molar-refractivity contribution is 5.68. The molecule has 0 aromatic carbocycles. The second-order valence-corrected chi connectivity index (χ2v) is 7.40. The van der Waals surface area contributed by atoms with Gasteiger partial charge in [0.1, 0.15) is 5.60 Å². The molecule has 0 unspecified atom stereocenters. The molecule has 2 N–H and O–H groups in total. The Kier molecular flexibility index (Phi) is 4.80. The summed E-state index contributed by atoms with van der Waals surface area (Å²) >= 11 is 0. The van der Waals surface area contributed by atoms with Crippen LogP contribution in [0.3, 0.4) is 0 Å². The van der Waals surface area contributed by atoms with Crippen LogP contribution in [-0.4, -0.2) is 48.8 Å². The van der Waals surface area contributed by atoms with Crippen molar-refractivity contribution in [2.45, 2.75) is 77.0 Å². The van der Waals surface area contributed by atoms with Crippen molar-refractivity contribution in [1.82, 2.24) is 10.6 Å². The minimum absolute atomic E-state index is 0.194. The van der Waals surface area contributed by atoms with Crippen molar-refractivity contribution in [3.8, 4) is 0 Å². The molecule has 6 nitrogen and oxygen atoms in total. The smallest absolute Gasteiger partial charge is 0.407 e. The molecule has 0 spiro atoms. The van der Waals surface area contributed by atoms with Crippen molar-refractivity contribution in [3.05, 3.63) is 0 Å². The van der Waals surface area contributed by atoms with Gasteiger partial charge in [-0.25, -0.2) is 4.79 Å². The molecule has 2 aliphatic rings. The molecule has 21 heavy (non-hydrogen) atoms. The van der Waals surface area contributed by atoms with Gasteiger partial charge in [0.2, 0.25) is 0 Å². The zero-order chi connectivity index (χ0) is 15.7. The number of carbonyl (C=O) groups is 1. The third-order valence-electron chi connectivity index (χ3n) is 3.59. The first-order chi connectivity index (χ1) is 9.63. The van der Waals surface area contributed by atoms with Crippen molar-refractivity contribution in [1.29, 1.82) is 0 Å². The van der Waals surface area contributed by atoms with Gasteiger partial charge in [-0.15, -0.1) is 0 Å². The molecule has 1 saturated carbocycles. The lowest BCUT2D eigenvalue weighted by atomic mass is 9.86. The Morgan fingerprint density at radius 3 is 2.19 bits per heavy atom. The first-order valence-electron chi connectivity index (χ1n) is 7.66. The second-order valence-electron chi connectivity index (χ2n) is 7.40. The fraction of sp³-hybridized carbons (Fsp3) is 0.933. The molecule has 2 fully saturated rings. The predicted octanol–water partition coefficient (Wildman–Crippen LogP) is 1.78. The molecule has 0 aromatic heterocycles. The highest BCUT2D eigenvalue weighted by Gasteiger charge is 2.35. The van der Waals surface area contributed by atoms with Gasteiger partial charge in [-0.05, 0) is 47.5 Å². The molecule has 1 amide bonds. The molecule has 2 rings (SSSR count). The number of nitrogens with one attached hydrogen (secondary N) is 2. The quantitative estimate of drug-likeness (QED) is 0.831. The predicted molar refractivity (Wildman–Crippen MR) is 79.1 cm³/mol. The van der Waals surface area contributed by atoms with E-state index in [-0.39, 0.29) is 18.2 Å². The lowest BCUT2D eigenvalue weighted by molar-refractivity contribution is -0.254. The summed E-state index contributed by atoms with van der Waals surface area (Å²) in [7, 11) is 0. The molecule has 0 aromatic rings. The summed E-state index contributed by atoms with van der Waals surface area (Å²) in [5, 5.41) is 6.39. The molecule has 0 bridgehead atoms. The van der Waals surface area contributed by atoms with Crippen molar-refractivity contribution in [3.63, 3.8) is 0 Å². The summed E-state index contributed by atoms with van der Waals surface area (Å²) in [5.41, 5.74) is -0.449. The van der Waals surface area contributed by atoms with E-state index in [0.717, 1.165) is 12.8 Å². The Morgan fingerprint density at radius 2 is 1.67 bits per heavy atom. The van der Waals surface area contributed by atoms with E-state index in [2.05, 4.69) is 10.6 Å². The number of carbonyl (C=O) groups excluding carboxylic acids is 1. The van der Waals surface area contributed by atoms with E-state index in [0.29, 0.717) is 19.3 Å². The van der Waals surface area contributed by atoms with Gasteiger partial charge < -0.3 is 24.8 Å². The van der Waals surface area contributed by atoms with Crippen LogP contribution in [0.15, 0.2) is 0 Å². The number of ether oxygens (including phenoxy) is 3. The van der Waals surface area contributed by atoms with E-state index in [9.17, 15) is 4.79 Å². The van der Waals surface area contributed by atoms with E-state index in [4.69, 9.17) is 14.2 Å². The molecular weight excluding hydrogens is 272 g/mol. The maximum absolute atomic E-state index is 11.6. The Balaban J connectivity index is 1.61. The average molecular weight is 300 g/mol. The van der Waals surface area contributed by atoms with Gasteiger partial charge in [0.15, 0.2) is 5.79 Å². The maximum Gasteiger partial charge on any atom is 0.407 e. The number of amides is 1. The maximum atomic E-state index is 11.6. The fourth-order valence-corrected chi connectivity index (χ4v) is 2.47. The average Bonchev–Trinajstić information content (AvgIpc) is 2.26. The molecule has 1 heterocycles. The minimum Gasteiger partial charge on any atom is -0.444 e. The van der Waals surface area contributed by atoms with Crippen molar-refractivity contribution in [2.75, 3.05) is 13.2 Å². The number of hydrogen-bond donors (Lipinski definition) is 2. The molecule has 6 heteroatoms. The SMILES string of the molecule is CC(C)(C)OC(=O)NC1CC(NC2COC(C)(C)OC2)C1. The van der Waals surface area contributed by atoms with E-state index in [1.807, 2.05) is 34.6 Å². The van der Waals surface area contributed by atoms with Crippen LogP contribution in [0, 0.1) is 0 Å². The van der Waals surface area contributed by atoms with E-state index in [1.165, 1.54) is 0 Å². The molecule has 0 atom stereocenters. The van der Waals surface area contributed by atoms with Crippen molar-refractivity contribution < 1.29 is 19.0 Å². The Morgan fingerprint density at radius 1 is 1.10 bits per heavy atom. The van der Waals surface area contributed by atoms with Crippen LogP contribution in [0.2, 0.25) is 0 Å². The van der Waals surface area contributed by atoms with Crippen LogP contribution >= 0.6 is 0 Å². The Hall–Kier alpha value is -0.850. The van der Waals surface area contributed by atoms with Gasteiger partial charge in [-0.1, -0.05) is 0 Å². The molecule has 122 valence electrons. The Bertz CT molecular complexity index is 362. The van der Waals surface area contributed by atoms with Gasteiger partial charge >= 0.3 is 6.09 Å². The summed E-state index contributed by atoms with van der Waals surface area (Å²) in [4.78, 5) is 11.6. The molecular formula is C15H28N2O4. The van der Waals surface area contributed by atoms with Crippen molar-refractivity contribution >= 4 is 6.09 Å². The number of rotatable bonds is 3. The number of alkyl carbamates (subject to hydrolysis) is 1. The first-order valence-corrected chi connectivity index (χ1v) is 7.66. The second kappa shape index (κ2) is 6.10. The van der Waals surface area contributed by atoms with Gasteiger partial charge in [-0.3, -0.25) is 0 Å². The summed E-state index contributed by atoms with van der Waals surface area (Å²) in [6.45, 7) is 10.8. The van der Waals surface area contributed by atoms with Crippen LogP contribution in [0.25, 0.3) is 0 Å². The first kappa shape index (κ1) is 16.5. The molecule has 1 aliphatic carbocycles. The summed E-state index contributed by atoms with van der Waals surface area (Å²) < 4.78 is 16.5. The van der Waals surface area contributed by atoms with E-state index >= 15 is 0 Å². The lowest BCUT2D eigenvalue weighted by Gasteiger charge is -2.41. The largest absolute Gasteiger partial charge is 0.444 e. The zero-order valence-electron chi connectivity index (χ0n) is 13.7. The van der Waals surface area contributed by atoms with Gasteiger partial charge in [0.05, 0.1) is 19.3 Å². The van der Waals surface area contributed by atoms with Crippen LogP contribution in [0.5, 0.6) is 0 Å². The van der Waals surface area contributed by atoms with E-state index in [1.54, 1.807) is 0 Å². The number of hydrogen-bond acceptors (Lipinski definition) is 5. The van der Waals surface area contributed by atoms with Crippen LogP contribution in [0.4, 0.5) is 4.79 Å². The normalized spacial score (nSPS) is 29.6. The minimum atomic E-state index is -0.474. The van der Waals surface area contributed by atoms with Gasteiger partial charge in [-0.2, -0.15) is 0 Å². The van der Waals surface area contributed by atoms with Gasteiger partial charge in [0, 0.05) is 12.1 Å². The highest BCUT2D eigenvalue weighted by atomic mass is 16.7. The lowest BCUT2D eigenvalue weighted by Crippen LogP contribution is -2.58. The van der Waals surface area contributed by atoms with Crippen LogP contribution in [0.1, 0.15) is 47.5 Å². The summed E-state index contributed by atoms with van der Waals surface area (Å²) in [6, 6.07) is 0.827. The van der Waals surface area contributed by atoms with E-state index < -0.39 is 11.4 Å². The fourth-order valence-electron chi connectivity index (χ4n) is 2.47. The zero-order valence-corrected chi connectivity index (χ0v) is 13.7. The molecule has 1 saturated heterocycles. The third-order valence-corrected chi connectivity index (χ3v) is 3.59. The van der Waals surface area contributed by atoms with Crippen molar-refractivity contribution in [2.24, 2.45) is 0 Å². The van der Waals surface area contributed by atoms with Crippen LogP contribution in [-0.2, 0) is 14.2 Å². The topological polar surface area (TPSA) is 68.8 Å². The standard InChI is InChI=1S/C15H28N2O4/c1-14(2,3)21-13(18)17-11-6-10(7-11)16-12-8-19-15(4,5)20-9-12/h10-12,16H,6-9H2,1-5H3,(H,17,18). The molecule has 0 radical (unpaired) electrons. The highest BCUT2D eigenvalue weighted by Crippen LogP contribution is 2.23. The molecule has 1 aliphatic heterocycles. The van der Waals surface area contributed by atoms with Crippen LogP contribution < -0.4 is 10.6 Å². The third kappa shape index (κ3) is 5.45. The monoisotopic (exact) mass is 300 g/mol. The summed E-state index contributed by atoms with van der Waals surface area (Å²) in [6.07, 6.45) is 1.50.